The maximum atomic E-state index is 5.60. The van der Waals surface area contributed by atoms with E-state index in [1.165, 1.54) is 12.8 Å². The van der Waals surface area contributed by atoms with Crippen LogP contribution >= 0.6 is 11.6 Å². The Kier molecular flexibility index (Phi) is 4.20. The Bertz CT molecular complexity index is 108. The van der Waals surface area contributed by atoms with Crippen molar-refractivity contribution in [3.05, 3.63) is 0 Å². The lowest BCUT2D eigenvalue weighted by Crippen LogP contribution is -2.13. The van der Waals surface area contributed by atoms with Gasteiger partial charge < -0.3 is 9.47 Å². The lowest BCUT2D eigenvalue weighted by atomic mass is 10.2. The average Bonchev–Trinajstić information content (AvgIpc) is 2.48. The first-order chi connectivity index (χ1) is 5.36. The van der Waals surface area contributed by atoms with Gasteiger partial charge in [-0.2, -0.15) is 0 Å². The third-order valence-electron chi connectivity index (χ3n) is 1.78. The molecule has 2 nitrogen and oxygen atoms in total. The van der Waals surface area contributed by atoms with Gasteiger partial charge in [0.25, 0.3) is 0 Å². The molecule has 0 saturated carbocycles. The van der Waals surface area contributed by atoms with Crippen molar-refractivity contribution in [2.45, 2.75) is 38.6 Å². The molecule has 0 radical (unpaired) electrons. The van der Waals surface area contributed by atoms with Crippen molar-refractivity contribution in [1.29, 1.82) is 0 Å². The van der Waals surface area contributed by atoms with Crippen LogP contribution < -0.4 is 0 Å². The molecule has 0 spiro atoms. The summed E-state index contributed by atoms with van der Waals surface area (Å²) in [5, 5.41) is 0. The van der Waals surface area contributed by atoms with Gasteiger partial charge in [-0.25, -0.2) is 0 Å². The number of halogens is 1. The fourth-order valence-corrected chi connectivity index (χ4v) is 1.27. The van der Waals surface area contributed by atoms with Gasteiger partial charge in [-0.05, 0) is 12.8 Å². The molecule has 0 aliphatic carbocycles. The van der Waals surface area contributed by atoms with Crippen molar-refractivity contribution < 1.29 is 9.47 Å². The summed E-state index contributed by atoms with van der Waals surface area (Å²) in [6.07, 6.45) is 3.50. The van der Waals surface area contributed by atoms with Crippen LogP contribution in [0.15, 0.2) is 0 Å². The molecule has 0 unspecified atom stereocenters. The van der Waals surface area contributed by atoms with Gasteiger partial charge in [0, 0.05) is 0 Å². The van der Waals surface area contributed by atoms with Gasteiger partial charge >= 0.3 is 0 Å². The Morgan fingerprint density at radius 2 is 2.36 bits per heavy atom. The molecular formula is C8H15ClO2. The van der Waals surface area contributed by atoms with E-state index in [1.54, 1.807) is 0 Å². The molecule has 11 heavy (non-hydrogen) atoms. The molecule has 2 atom stereocenters. The highest BCUT2D eigenvalue weighted by Gasteiger charge is 2.24. The molecule has 1 saturated heterocycles. The first-order valence-corrected chi connectivity index (χ1v) is 4.73. The van der Waals surface area contributed by atoms with Gasteiger partial charge in [0.1, 0.15) is 0 Å². The molecule has 0 N–H and O–H groups in total. The number of hydrogen-bond donors (Lipinski definition) is 0. The molecule has 1 rings (SSSR count). The summed E-state index contributed by atoms with van der Waals surface area (Å²) in [6.45, 7) is 2.83. The minimum absolute atomic E-state index is 0.0127. The summed E-state index contributed by atoms with van der Waals surface area (Å²) in [4.78, 5) is 0. The standard InChI is InChI=1S/C8H15ClO2/c1-2-3-4-8-10-6-7(5-9)11-8/h7-8H,2-6H2,1H3/t7-,8+/m1/s1. The van der Waals surface area contributed by atoms with E-state index in [2.05, 4.69) is 6.92 Å². The Hall–Kier alpha value is 0.210. The molecule has 1 heterocycles. The predicted octanol–water partition coefficient (Wildman–Crippen LogP) is 2.16. The molecule has 0 aromatic heterocycles. The number of hydrogen-bond acceptors (Lipinski definition) is 2. The van der Waals surface area contributed by atoms with E-state index in [0.29, 0.717) is 12.5 Å². The number of ether oxygens (including phenoxy) is 2. The van der Waals surface area contributed by atoms with Crippen LogP contribution in [0.4, 0.5) is 0 Å². The minimum atomic E-state index is 0.0127. The van der Waals surface area contributed by atoms with Crippen molar-refractivity contribution in [3.63, 3.8) is 0 Å². The van der Waals surface area contributed by atoms with Crippen LogP contribution in [0.5, 0.6) is 0 Å². The zero-order chi connectivity index (χ0) is 8.10. The van der Waals surface area contributed by atoms with Crippen LogP contribution in [0, 0.1) is 0 Å². The lowest BCUT2D eigenvalue weighted by molar-refractivity contribution is -0.0597. The van der Waals surface area contributed by atoms with Crippen molar-refractivity contribution in [3.8, 4) is 0 Å². The molecule has 1 aliphatic heterocycles. The summed E-state index contributed by atoms with van der Waals surface area (Å²) in [7, 11) is 0. The van der Waals surface area contributed by atoms with E-state index in [1.807, 2.05) is 0 Å². The Balaban J connectivity index is 2.09. The van der Waals surface area contributed by atoms with Crippen molar-refractivity contribution >= 4 is 11.6 Å². The summed E-state index contributed by atoms with van der Waals surface area (Å²) in [5.41, 5.74) is 0. The number of unbranched alkanes of at least 4 members (excludes halogenated alkanes) is 1. The van der Waals surface area contributed by atoms with E-state index in [-0.39, 0.29) is 12.4 Å². The maximum absolute atomic E-state index is 5.60. The summed E-state index contributed by atoms with van der Waals surface area (Å²) in [5.74, 6) is 0.544. The third-order valence-corrected chi connectivity index (χ3v) is 2.12. The molecule has 3 heteroatoms. The zero-order valence-electron chi connectivity index (χ0n) is 6.88. The highest BCUT2D eigenvalue weighted by molar-refractivity contribution is 6.18. The van der Waals surface area contributed by atoms with Crippen molar-refractivity contribution in [1.82, 2.24) is 0 Å². The fourth-order valence-electron chi connectivity index (χ4n) is 1.11. The second-order valence-corrected chi connectivity index (χ2v) is 3.13. The lowest BCUT2D eigenvalue weighted by Gasteiger charge is -2.08. The SMILES string of the molecule is CCCC[C@H]1OC[C@@H](CCl)O1. The van der Waals surface area contributed by atoms with Gasteiger partial charge in [-0.1, -0.05) is 13.3 Å². The van der Waals surface area contributed by atoms with E-state index < -0.39 is 0 Å². The van der Waals surface area contributed by atoms with Gasteiger partial charge in [0.2, 0.25) is 0 Å². The minimum Gasteiger partial charge on any atom is -0.350 e. The predicted molar refractivity (Wildman–Crippen MR) is 44.9 cm³/mol. The van der Waals surface area contributed by atoms with Crippen LogP contribution in [0.1, 0.15) is 26.2 Å². The highest BCUT2D eigenvalue weighted by atomic mass is 35.5. The van der Waals surface area contributed by atoms with Crippen molar-refractivity contribution in [2.75, 3.05) is 12.5 Å². The molecule has 0 aromatic carbocycles. The monoisotopic (exact) mass is 178 g/mol. The second kappa shape index (κ2) is 4.96. The average molecular weight is 179 g/mol. The van der Waals surface area contributed by atoms with Gasteiger partial charge in [0.05, 0.1) is 18.6 Å². The number of alkyl halides is 1. The first-order valence-electron chi connectivity index (χ1n) is 4.19. The van der Waals surface area contributed by atoms with Crippen molar-refractivity contribution in [2.24, 2.45) is 0 Å². The van der Waals surface area contributed by atoms with Crippen LogP contribution in [-0.4, -0.2) is 24.9 Å². The van der Waals surface area contributed by atoms with E-state index in [4.69, 9.17) is 21.1 Å². The van der Waals surface area contributed by atoms with Crippen LogP contribution in [0.3, 0.4) is 0 Å². The van der Waals surface area contributed by atoms with Crippen LogP contribution in [-0.2, 0) is 9.47 Å². The first kappa shape index (κ1) is 9.30. The van der Waals surface area contributed by atoms with Crippen LogP contribution in [0.2, 0.25) is 0 Å². The molecule has 66 valence electrons. The Labute approximate surface area is 72.8 Å². The molecule has 0 amide bonds. The zero-order valence-corrected chi connectivity index (χ0v) is 7.64. The Morgan fingerprint density at radius 1 is 1.55 bits per heavy atom. The fraction of sp³-hybridized carbons (Fsp3) is 1.00. The van der Waals surface area contributed by atoms with Gasteiger partial charge in [-0.15, -0.1) is 11.6 Å². The van der Waals surface area contributed by atoms with E-state index in [9.17, 15) is 0 Å². The molecule has 1 aliphatic rings. The molecule has 0 aromatic rings. The normalized spacial score (nSPS) is 31.1. The largest absolute Gasteiger partial charge is 0.350 e. The quantitative estimate of drug-likeness (QED) is 0.615. The number of rotatable bonds is 4. The molecular weight excluding hydrogens is 164 g/mol. The van der Waals surface area contributed by atoms with E-state index in [0.717, 1.165) is 6.42 Å². The third kappa shape index (κ3) is 2.97. The Morgan fingerprint density at radius 3 is 2.91 bits per heavy atom. The maximum Gasteiger partial charge on any atom is 0.158 e. The summed E-state index contributed by atoms with van der Waals surface area (Å²) >= 11 is 5.60. The second-order valence-electron chi connectivity index (χ2n) is 2.82. The summed E-state index contributed by atoms with van der Waals surface area (Å²) < 4.78 is 10.8. The van der Waals surface area contributed by atoms with Gasteiger partial charge in [0.15, 0.2) is 6.29 Å². The van der Waals surface area contributed by atoms with Crippen LogP contribution in [0.25, 0.3) is 0 Å². The van der Waals surface area contributed by atoms with Gasteiger partial charge in [-0.3, -0.25) is 0 Å². The highest BCUT2D eigenvalue weighted by Crippen LogP contribution is 2.17. The summed E-state index contributed by atoms with van der Waals surface area (Å²) in [6, 6.07) is 0. The van der Waals surface area contributed by atoms with E-state index >= 15 is 0 Å². The smallest absolute Gasteiger partial charge is 0.158 e. The topological polar surface area (TPSA) is 18.5 Å². The molecule has 1 fully saturated rings. The molecule has 0 bridgehead atoms.